The summed E-state index contributed by atoms with van der Waals surface area (Å²) in [7, 11) is 4.47. The van der Waals surface area contributed by atoms with Crippen LogP contribution < -0.4 is 5.43 Å². The normalized spacial score (nSPS) is 10.1. The van der Waals surface area contributed by atoms with Crippen LogP contribution in [0, 0.1) is 0 Å². The molecule has 1 heterocycles. The SMILES string of the molecule is COC(=O)c1ccc(C(=O)OC)c(-n2cc(C(=O)OC)c(=O)c(C(=O)OC)c2)c1. The van der Waals surface area contributed by atoms with Gasteiger partial charge in [0.15, 0.2) is 0 Å². The molecular formula is C19H17NO9. The van der Waals surface area contributed by atoms with Crippen molar-refractivity contribution in [3.8, 4) is 5.69 Å². The Morgan fingerprint density at radius 2 is 1.14 bits per heavy atom. The van der Waals surface area contributed by atoms with Crippen LogP contribution in [0.2, 0.25) is 0 Å². The zero-order valence-electron chi connectivity index (χ0n) is 16.0. The average Bonchev–Trinajstić information content (AvgIpc) is 2.76. The third-order valence-electron chi connectivity index (χ3n) is 3.94. The van der Waals surface area contributed by atoms with Gasteiger partial charge in [-0.2, -0.15) is 0 Å². The molecule has 0 unspecified atom stereocenters. The summed E-state index contributed by atoms with van der Waals surface area (Å²) in [4.78, 5) is 60.6. The molecule has 152 valence electrons. The van der Waals surface area contributed by atoms with Crippen molar-refractivity contribution in [3.63, 3.8) is 0 Å². The number of carbonyl (C=O) groups excluding carboxylic acids is 4. The third kappa shape index (κ3) is 4.15. The maximum atomic E-state index is 12.5. The molecule has 0 aliphatic heterocycles. The second-order valence-electron chi connectivity index (χ2n) is 5.52. The lowest BCUT2D eigenvalue weighted by molar-refractivity contribution is 0.0584. The fraction of sp³-hybridized carbons (Fsp3) is 0.211. The maximum Gasteiger partial charge on any atom is 0.343 e. The van der Waals surface area contributed by atoms with Gasteiger partial charge in [-0.05, 0) is 18.2 Å². The highest BCUT2D eigenvalue weighted by Gasteiger charge is 2.23. The second kappa shape index (κ2) is 8.83. The molecule has 0 amide bonds. The first-order valence-electron chi connectivity index (χ1n) is 8.03. The summed E-state index contributed by atoms with van der Waals surface area (Å²) in [5.74, 6) is -3.45. The second-order valence-corrected chi connectivity index (χ2v) is 5.52. The van der Waals surface area contributed by atoms with Gasteiger partial charge in [-0.15, -0.1) is 0 Å². The Kier molecular flexibility index (Phi) is 6.50. The van der Waals surface area contributed by atoms with Crippen molar-refractivity contribution in [1.29, 1.82) is 0 Å². The van der Waals surface area contributed by atoms with Gasteiger partial charge < -0.3 is 23.5 Å². The van der Waals surface area contributed by atoms with E-state index in [0.29, 0.717) is 0 Å². The number of esters is 4. The maximum absolute atomic E-state index is 12.5. The Balaban J connectivity index is 2.89. The zero-order chi connectivity index (χ0) is 21.7. The molecule has 0 radical (unpaired) electrons. The molecular weight excluding hydrogens is 386 g/mol. The van der Waals surface area contributed by atoms with Crippen LogP contribution in [0.1, 0.15) is 41.4 Å². The first kappa shape index (κ1) is 21.4. The predicted octanol–water partition coefficient (Wildman–Crippen LogP) is 0.984. The topological polar surface area (TPSA) is 127 Å². The number of benzene rings is 1. The van der Waals surface area contributed by atoms with Crippen molar-refractivity contribution in [3.05, 3.63) is 63.1 Å². The first-order chi connectivity index (χ1) is 13.8. The smallest absolute Gasteiger partial charge is 0.343 e. The average molecular weight is 403 g/mol. The Morgan fingerprint density at radius 1 is 0.690 bits per heavy atom. The molecule has 1 aromatic heterocycles. The Bertz CT molecular complexity index is 1010. The molecule has 0 fully saturated rings. The predicted molar refractivity (Wildman–Crippen MR) is 97.4 cm³/mol. The van der Waals surface area contributed by atoms with Crippen LogP contribution in [0.3, 0.4) is 0 Å². The van der Waals surface area contributed by atoms with Gasteiger partial charge in [-0.25, -0.2) is 19.2 Å². The van der Waals surface area contributed by atoms with Gasteiger partial charge in [-0.3, -0.25) is 4.79 Å². The molecule has 0 aliphatic carbocycles. The summed E-state index contributed by atoms with van der Waals surface area (Å²) in [6.45, 7) is 0. The number of carbonyl (C=O) groups is 4. The molecule has 0 saturated carbocycles. The minimum atomic E-state index is -1.00. The van der Waals surface area contributed by atoms with Gasteiger partial charge in [0.2, 0.25) is 5.43 Å². The van der Waals surface area contributed by atoms with Crippen molar-refractivity contribution >= 4 is 23.9 Å². The van der Waals surface area contributed by atoms with Crippen molar-refractivity contribution in [2.75, 3.05) is 28.4 Å². The Morgan fingerprint density at radius 3 is 1.59 bits per heavy atom. The quantitative estimate of drug-likeness (QED) is 0.530. The molecule has 1 aromatic carbocycles. The lowest BCUT2D eigenvalue weighted by atomic mass is 10.1. The minimum absolute atomic E-state index is 0.00423. The number of rotatable bonds is 5. The molecule has 10 heteroatoms. The van der Waals surface area contributed by atoms with E-state index in [1.165, 1.54) is 25.3 Å². The van der Waals surface area contributed by atoms with Gasteiger partial charge in [0.25, 0.3) is 0 Å². The summed E-state index contributed by atoms with van der Waals surface area (Å²) < 4.78 is 19.7. The van der Waals surface area contributed by atoms with Crippen molar-refractivity contribution in [2.24, 2.45) is 0 Å². The fourth-order valence-corrected chi connectivity index (χ4v) is 2.50. The highest BCUT2D eigenvalue weighted by molar-refractivity contribution is 5.98. The molecule has 0 bridgehead atoms. The number of pyridine rings is 1. The minimum Gasteiger partial charge on any atom is -0.465 e. The number of nitrogens with zero attached hydrogens (tertiary/aromatic N) is 1. The van der Waals surface area contributed by atoms with Gasteiger partial charge >= 0.3 is 23.9 Å². The molecule has 10 nitrogen and oxygen atoms in total. The van der Waals surface area contributed by atoms with Crippen molar-refractivity contribution in [2.45, 2.75) is 0 Å². The van der Waals surface area contributed by atoms with Crippen LogP contribution in [-0.2, 0) is 18.9 Å². The van der Waals surface area contributed by atoms with Gasteiger partial charge in [0, 0.05) is 12.4 Å². The number of methoxy groups -OCH3 is 4. The van der Waals surface area contributed by atoms with E-state index in [9.17, 15) is 24.0 Å². The zero-order valence-corrected chi connectivity index (χ0v) is 16.0. The standard InChI is InChI=1S/C19H17NO9/c1-26-16(22)10-5-6-11(17(23)27-2)14(7-10)20-8-12(18(24)28-3)15(21)13(9-20)19(25)29-4/h5-9H,1-4H3. The summed E-state index contributed by atoms with van der Waals surface area (Å²) in [6, 6.07) is 3.93. The lowest BCUT2D eigenvalue weighted by Crippen LogP contribution is -2.26. The van der Waals surface area contributed by atoms with E-state index in [1.54, 1.807) is 0 Å². The molecule has 2 aromatic rings. The number of ether oxygens (including phenoxy) is 4. The molecule has 29 heavy (non-hydrogen) atoms. The summed E-state index contributed by atoms with van der Waals surface area (Å²) in [6.07, 6.45) is 2.15. The fourth-order valence-electron chi connectivity index (χ4n) is 2.50. The van der Waals surface area contributed by atoms with E-state index in [-0.39, 0.29) is 16.8 Å². The third-order valence-corrected chi connectivity index (χ3v) is 3.94. The van der Waals surface area contributed by atoms with Crippen LogP contribution in [0.25, 0.3) is 5.69 Å². The largest absolute Gasteiger partial charge is 0.465 e. The highest BCUT2D eigenvalue weighted by Crippen LogP contribution is 2.20. The molecule has 0 aliphatic rings. The monoisotopic (exact) mass is 403 g/mol. The van der Waals surface area contributed by atoms with E-state index in [0.717, 1.165) is 38.3 Å². The van der Waals surface area contributed by atoms with Crippen LogP contribution in [0.4, 0.5) is 0 Å². The van der Waals surface area contributed by atoms with E-state index in [2.05, 4.69) is 14.2 Å². The molecule has 0 N–H and O–H groups in total. The molecule has 2 rings (SSSR count). The Labute approximate surface area is 164 Å². The summed E-state index contributed by atoms with van der Waals surface area (Å²) in [5, 5.41) is 0. The van der Waals surface area contributed by atoms with Crippen LogP contribution in [0.15, 0.2) is 35.4 Å². The van der Waals surface area contributed by atoms with Crippen LogP contribution >= 0.6 is 0 Å². The van der Waals surface area contributed by atoms with Crippen molar-refractivity contribution < 1.29 is 38.1 Å². The van der Waals surface area contributed by atoms with E-state index < -0.39 is 40.4 Å². The lowest BCUT2D eigenvalue weighted by Gasteiger charge is -2.15. The van der Waals surface area contributed by atoms with E-state index >= 15 is 0 Å². The highest BCUT2D eigenvalue weighted by atomic mass is 16.5. The Hall–Kier alpha value is -3.95. The summed E-state index contributed by atoms with van der Waals surface area (Å²) in [5.41, 5.74) is -1.74. The molecule has 0 saturated heterocycles. The summed E-state index contributed by atoms with van der Waals surface area (Å²) >= 11 is 0. The molecule has 0 spiro atoms. The van der Waals surface area contributed by atoms with Gasteiger partial charge in [-0.1, -0.05) is 0 Å². The van der Waals surface area contributed by atoms with Gasteiger partial charge in [0.1, 0.15) is 11.1 Å². The first-order valence-corrected chi connectivity index (χ1v) is 8.03. The van der Waals surface area contributed by atoms with Gasteiger partial charge in [0.05, 0.1) is 45.3 Å². The number of aromatic nitrogens is 1. The number of hydrogen-bond donors (Lipinski definition) is 0. The van der Waals surface area contributed by atoms with Crippen LogP contribution in [0.5, 0.6) is 0 Å². The van der Waals surface area contributed by atoms with Crippen molar-refractivity contribution in [1.82, 2.24) is 4.57 Å². The van der Waals surface area contributed by atoms with Crippen LogP contribution in [-0.4, -0.2) is 56.9 Å². The van der Waals surface area contributed by atoms with E-state index in [4.69, 9.17) is 4.74 Å². The number of hydrogen-bond acceptors (Lipinski definition) is 9. The van der Waals surface area contributed by atoms with E-state index in [1.807, 2.05) is 0 Å². The molecule has 0 atom stereocenters.